The molecule has 0 unspecified atom stereocenters. The van der Waals surface area contributed by atoms with E-state index in [9.17, 15) is 4.39 Å². The van der Waals surface area contributed by atoms with E-state index in [0.717, 1.165) is 47.3 Å². The summed E-state index contributed by atoms with van der Waals surface area (Å²) in [6, 6.07) is 6.90. The third kappa shape index (κ3) is 2.76. The molecule has 1 aromatic carbocycles. The lowest BCUT2D eigenvalue weighted by Gasteiger charge is -2.31. The fourth-order valence-electron chi connectivity index (χ4n) is 3.42. The van der Waals surface area contributed by atoms with E-state index in [1.807, 2.05) is 29.4 Å². The molecule has 4 aromatic rings. The van der Waals surface area contributed by atoms with Gasteiger partial charge in [0.05, 0.1) is 18.2 Å². The van der Waals surface area contributed by atoms with Crippen molar-refractivity contribution in [2.45, 2.75) is 18.9 Å². The Balaban J connectivity index is 1.33. The Morgan fingerprint density at radius 2 is 1.92 bits per heavy atom. The fourth-order valence-corrected chi connectivity index (χ4v) is 4.35. The van der Waals surface area contributed by atoms with Gasteiger partial charge in [0, 0.05) is 37.1 Å². The highest BCUT2D eigenvalue weighted by molar-refractivity contribution is 7.20. The van der Waals surface area contributed by atoms with Gasteiger partial charge in [-0.3, -0.25) is 0 Å². The van der Waals surface area contributed by atoms with E-state index in [0.29, 0.717) is 6.04 Å². The van der Waals surface area contributed by atoms with Crippen LogP contribution >= 0.6 is 11.3 Å². The van der Waals surface area contributed by atoms with Crippen LogP contribution in [0.25, 0.3) is 16.2 Å². The fraction of sp³-hybridized carbons (Fsp3) is 0.278. The minimum atomic E-state index is -0.241. The summed E-state index contributed by atoms with van der Waals surface area (Å²) < 4.78 is 17.1. The van der Waals surface area contributed by atoms with Crippen molar-refractivity contribution in [1.29, 1.82) is 0 Å². The first kappa shape index (κ1) is 15.5. The quantitative estimate of drug-likeness (QED) is 0.554. The molecule has 4 heterocycles. The summed E-state index contributed by atoms with van der Waals surface area (Å²) in [6.07, 6.45) is 9.84. The molecule has 1 fully saturated rings. The molecule has 0 saturated carbocycles. The Kier molecular flexibility index (Phi) is 3.70. The van der Waals surface area contributed by atoms with Crippen LogP contribution in [0.4, 0.5) is 9.52 Å². The number of fused-ring (bicyclic) bond motifs is 1. The van der Waals surface area contributed by atoms with Gasteiger partial charge in [0.1, 0.15) is 5.82 Å². The lowest BCUT2D eigenvalue weighted by molar-refractivity contribution is 0.395. The van der Waals surface area contributed by atoms with E-state index >= 15 is 0 Å². The van der Waals surface area contributed by atoms with Crippen LogP contribution in [0, 0.1) is 5.82 Å². The third-order valence-corrected chi connectivity index (χ3v) is 5.84. The van der Waals surface area contributed by atoms with E-state index in [2.05, 4.69) is 19.4 Å². The minimum absolute atomic E-state index is 0.241. The normalized spacial score (nSPS) is 15.8. The Bertz CT molecular complexity index is 981. The zero-order valence-electron chi connectivity index (χ0n) is 14.0. The number of piperidine rings is 1. The van der Waals surface area contributed by atoms with Crippen molar-refractivity contribution in [3.05, 3.63) is 55.0 Å². The second-order valence-corrected chi connectivity index (χ2v) is 7.41. The number of benzene rings is 1. The molecule has 1 aliphatic rings. The number of anilines is 1. The van der Waals surface area contributed by atoms with Crippen molar-refractivity contribution < 1.29 is 4.39 Å². The molecule has 6 nitrogen and oxygen atoms in total. The molecule has 5 rings (SSSR count). The Hall–Kier alpha value is -2.74. The van der Waals surface area contributed by atoms with Gasteiger partial charge in [0.2, 0.25) is 10.1 Å². The van der Waals surface area contributed by atoms with Gasteiger partial charge in [-0.1, -0.05) is 11.3 Å². The summed E-state index contributed by atoms with van der Waals surface area (Å²) >= 11 is 1.59. The van der Waals surface area contributed by atoms with Gasteiger partial charge in [-0.05, 0) is 37.1 Å². The molecule has 0 radical (unpaired) electrons. The maximum atomic E-state index is 13.1. The average molecular weight is 368 g/mol. The van der Waals surface area contributed by atoms with Gasteiger partial charge in [-0.25, -0.2) is 18.9 Å². The van der Waals surface area contributed by atoms with E-state index in [1.54, 1.807) is 23.5 Å². The second kappa shape index (κ2) is 6.21. The van der Waals surface area contributed by atoms with Gasteiger partial charge in [0.25, 0.3) is 0 Å². The SMILES string of the molecule is Fc1ccc(-c2cn3nc(N4CCC(n5ccnc5)CC4)sc3n2)cc1. The maximum absolute atomic E-state index is 13.1. The van der Waals surface area contributed by atoms with Crippen LogP contribution in [-0.4, -0.2) is 37.2 Å². The zero-order valence-corrected chi connectivity index (χ0v) is 14.8. The van der Waals surface area contributed by atoms with E-state index in [4.69, 9.17) is 5.10 Å². The van der Waals surface area contributed by atoms with Gasteiger partial charge in [-0.2, -0.15) is 0 Å². The van der Waals surface area contributed by atoms with Gasteiger partial charge in [-0.15, -0.1) is 5.10 Å². The van der Waals surface area contributed by atoms with Crippen LogP contribution in [0.1, 0.15) is 18.9 Å². The average Bonchev–Trinajstić information content (AvgIpc) is 3.39. The number of aromatic nitrogens is 5. The molecule has 8 heteroatoms. The van der Waals surface area contributed by atoms with Crippen LogP contribution in [0.3, 0.4) is 0 Å². The summed E-state index contributed by atoms with van der Waals surface area (Å²) in [5.41, 5.74) is 1.71. The van der Waals surface area contributed by atoms with E-state index in [-0.39, 0.29) is 5.82 Å². The first-order valence-corrected chi connectivity index (χ1v) is 9.42. The number of imidazole rings is 2. The van der Waals surface area contributed by atoms with Crippen molar-refractivity contribution in [2.24, 2.45) is 0 Å². The molecule has 0 amide bonds. The van der Waals surface area contributed by atoms with Gasteiger partial charge >= 0.3 is 0 Å². The zero-order chi connectivity index (χ0) is 17.5. The molecular formula is C18H17FN6S. The predicted octanol–water partition coefficient (Wildman–Crippen LogP) is 3.63. The van der Waals surface area contributed by atoms with Crippen molar-refractivity contribution in [3.63, 3.8) is 0 Å². The molecule has 0 atom stereocenters. The third-order valence-electron chi connectivity index (χ3n) is 4.85. The second-order valence-electron chi connectivity index (χ2n) is 6.47. The van der Waals surface area contributed by atoms with Crippen LogP contribution in [0.15, 0.2) is 49.2 Å². The molecule has 0 aliphatic carbocycles. The Morgan fingerprint density at radius 1 is 1.12 bits per heavy atom. The van der Waals surface area contributed by atoms with Crippen molar-refractivity contribution in [1.82, 2.24) is 24.1 Å². The van der Waals surface area contributed by atoms with Crippen LogP contribution < -0.4 is 4.90 Å². The standard InChI is InChI=1S/C18H17FN6S/c19-14-3-1-13(2-4-14)16-11-25-17(21-16)26-18(22-25)23-8-5-15(6-9-23)24-10-7-20-12-24/h1-4,7,10-12,15H,5-6,8-9H2. The van der Waals surface area contributed by atoms with E-state index in [1.165, 1.54) is 12.1 Å². The largest absolute Gasteiger partial charge is 0.347 e. The molecule has 0 bridgehead atoms. The molecule has 1 saturated heterocycles. The van der Waals surface area contributed by atoms with Crippen LogP contribution in [-0.2, 0) is 0 Å². The lowest BCUT2D eigenvalue weighted by Crippen LogP contribution is -2.34. The number of hydrogen-bond acceptors (Lipinski definition) is 5. The highest BCUT2D eigenvalue weighted by atomic mass is 32.1. The molecule has 0 spiro atoms. The summed E-state index contributed by atoms with van der Waals surface area (Å²) in [5.74, 6) is -0.241. The summed E-state index contributed by atoms with van der Waals surface area (Å²) in [6.45, 7) is 1.95. The number of hydrogen-bond donors (Lipinski definition) is 0. The highest BCUT2D eigenvalue weighted by Gasteiger charge is 2.23. The topological polar surface area (TPSA) is 51.2 Å². The molecule has 0 N–H and O–H groups in total. The number of halogens is 1. The predicted molar refractivity (Wildman–Crippen MR) is 99.0 cm³/mol. The first-order chi connectivity index (χ1) is 12.8. The minimum Gasteiger partial charge on any atom is -0.347 e. The Labute approximate surface area is 153 Å². The maximum Gasteiger partial charge on any atom is 0.214 e. The lowest BCUT2D eigenvalue weighted by atomic mass is 10.1. The van der Waals surface area contributed by atoms with Crippen molar-refractivity contribution in [3.8, 4) is 11.3 Å². The summed E-state index contributed by atoms with van der Waals surface area (Å²) in [4.78, 5) is 12.0. The van der Waals surface area contributed by atoms with Crippen LogP contribution in [0.2, 0.25) is 0 Å². The molecule has 3 aromatic heterocycles. The molecular weight excluding hydrogens is 351 g/mol. The molecule has 132 valence electrons. The van der Waals surface area contributed by atoms with Crippen molar-refractivity contribution >= 4 is 21.4 Å². The molecule has 1 aliphatic heterocycles. The van der Waals surface area contributed by atoms with Crippen LogP contribution in [0.5, 0.6) is 0 Å². The number of rotatable bonds is 3. The van der Waals surface area contributed by atoms with Gasteiger partial charge < -0.3 is 9.47 Å². The van der Waals surface area contributed by atoms with E-state index < -0.39 is 0 Å². The summed E-state index contributed by atoms with van der Waals surface area (Å²) in [5, 5.41) is 5.70. The first-order valence-electron chi connectivity index (χ1n) is 8.61. The monoisotopic (exact) mass is 368 g/mol. The van der Waals surface area contributed by atoms with Crippen molar-refractivity contribution in [2.75, 3.05) is 18.0 Å². The smallest absolute Gasteiger partial charge is 0.214 e. The highest BCUT2D eigenvalue weighted by Crippen LogP contribution is 2.30. The summed E-state index contributed by atoms with van der Waals surface area (Å²) in [7, 11) is 0. The van der Waals surface area contributed by atoms with Gasteiger partial charge in [0.15, 0.2) is 0 Å². The molecule has 26 heavy (non-hydrogen) atoms. The number of nitrogens with zero attached hydrogens (tertiary/aromatic N) is 6. The Morgan fingerprint density at radius 3 is 2.62 bits per heavy atom.